The highest BCUT2D eigenvalue weighted by Crippen LogP contribution is 2.28. The molecule has 3 atom stereocenters. The number of nitrogens with one attached hydrogen (secondary N) is 1. The fraction of sp³-hybridized carbons (Fsp3) is 0.516. The lowest BCUT2D eigenvalue weighted by atomic mass is 9.94. The molecule has 37 heavy (non-hydrogen) atoms. The average molecular weight is 503 g/mol. The van der Waals surface area contributed by atoms with Crippen LogP contribution in [0.1, 0.15) is 77.2 Å². The van der Waals surface area contributed by atoms with Crippen LogP contribution in [0.3, 0.4) is 0 Å². The van der Waals surface area contributed by atoms with Gasteiger partial charge in [-0.1, -0.05) is 55.3 Å². The molecule has 1 saturated carbocycles. The Morgan fingerprint density at radius 3 is 2.78 bits per heavy atom. The van der Waals surface area contributed by atoms with Crippen molar-refractivity contribution in [1.29, 1.82) is 0 Å². The second kappa shape index (κ2) is 13.1. The molecule has 1 fully saturated rings. The number of aromatic nitrogens is 2. The van der Waals surface area contributed by atoms with Gasteiger partial charge >= 0.3 is 0 Å². The van der Waals surface area contributed by atoms with Crippen molar-refractivity contribution >= 4 is 23.6 Å². The van der Waals surface area contributed by atoms with Crippen LogP contribution in [0.15, 0.2) is 40.9 Å². The minimum atomic E-state index is -0.327. The lowest BCUT2D eigenvalue weighted by molar-refractivity contribution is -0.122. The van der Waals surface area contributed by atoms with E-state index < -0.39 is 0 Å². The van der Waals surface area contributed by atoms with Crippen molar-refractivity contribution in [2.75, 3.05) is 6.61 Å². The number of fused-ring (bicyclic) bond motifs is 1. The third-order valence-electron chi connectivity index (χ3n) is 7.68. The number of aliphatic hydroxyl groups excluding tert-OH is 1. The second-order valence-electron chi connectivity index (χ2n) is 10.7. The summed E-state index contributed by atoms with van der Waals surface area (Å²) in [6, 6.07) is 9.11. The van der Waals surface area contributed by atoms with Gasteiger partial charge in [-0.3, -0.25) is 9.79 Å². The number of aromatic amines is 1. The van der Waals surface area contributed by atoms with Gasteiger partial charge in [-0.2, -0.15) is 0 Å². The van der Waals surface area contributed by atoms with Crippen LogP contribution in [0.4, 0.5) is 0 Å². The van der Waals surface area contributed by atoms with E-state index in [-0.39, 0.29) is 18.4 Å². The molecule has 0 spiro atoms. The number of benzene rings is 1. The highest BCUT2D eigenvalue weighted by Gasteiger charge is 2.20. The summed E-state index contributed by atoms with van der Waals surface area (Å²) >= 11 is 0. The maximum atomic E-state index is 11.6. The van der Waals surface area contributed by atoms with Gasteiger partial charge in [0.1, 0.15) is 12.4 Å². The first-order chi connectivity index (χ1) is 17.9. The van der Waals surface area contributed by atoms with Crippen molar-refractivity contribution in [3.05, 3.63) is 52.2 Å². The van der Waals surface area contributed by atoms with Crippen LogP contribution in [0.5, 0.6) is 0 Å². The summed E-state index contributed by atoms with van der Waals surface area (Å²) in [6.07, 6.45) is 16.1. The Kier molecular flexibility index (Phi) is 9.64. The average Bonchev–Trinajstić information content (AvgIpc) is 3.20. The third-order valence-corrected chi connectivity index (χ3v) is 7.68. The van der Waals surface area contributed by atoms with E-state index in [0.29, 0.717) is 18.4 Å². The molecule has 1 aromatic heterocycles. The summed E-state index contributed by atoms with van der Waals surface area (Å²) in [7, 11) is 0. The quantitative estimate of drug-likeness (QED) is 0.259. The van der Waals surface area contributed by atoms with Crippen molar-refractivity contribution in [2.24, 2.45) is 16.6 Å². The number of rotatable bonds is 10. The molecule has 0 radical (unpaired) electrons. The van der Waals surface area contributed by atoms with Crippen LogP contribution >= 0.6 is 0 Å². The Bertz CT molecular complexity index is 1240. The topological polar surface area (TPSA) is 104 Å². The number of imidazole rings is 1. The minimum Gasteiger partial charge on any atom is -0.389 e. The SMILES string of the molecule is CCC(=CCC(C)=NC1CCCC(CC(=O)CO)CC1)Cc1ccc(-c2nc3c([nH]2)=CC(N)CC=3)cc1. The van der Waals surface area contributed by atoms with Crippen molar-refractivity contribution in [1.82, 2.24) is 9.97 Å². The maximum absolute atomic E-state index is 11.6. The lowest BCUT2D eigenvalue weighted by Crippen LogP contribution is -2.33. The largest absolute Gasteiger partial charge is 0.389 e. The van der Waals surface area contributed by atoms with Crippen molar-refractivity contribution in [3.63, 3.8) is 0 Å². The fourth-order valence-electron chi connectivity index (χ4n) is 5.47. The summed E-state index contributed by atoms with van der Waals surface area (Å²) in [5, 5.41) is 11.0. The number of carbonyl (C=O) groups excluding carboxylic acids is 1. The van der Waals surface area contributed by atoms with Gasteiger partial charge < -0.3 is 15.8 Å². The van der Waals surface area contributed by atoms with Crippen LogP contribution in [0, 0.1) is 5.92 Å². The third kappa shape index (κ3) is 7.83. The van der Waals surface area contributed by atoms with E-state index in [2.05, 4.69) is 61.3 Å². The standard InChI is InChI=1S/C31H42N4O2/c1-3-22(8-7-21(2)33-27-6-4-5-23(11-15-27)18-28(37)20-36)17-24-9-12-25(13-10-24)31-34-29-16-14-26(32)19-30(29)35-31/h8-10,12-13,16,19,23,26-27,36H,3-7,11,14-15,17-18,20,32H2,1-2H3,(H,34,35). The molecule has 1 aromatic carbocycles. The molecule has 0 bridgehead atoms. The Hall–Kier alpha value is -2.83. The molecule has 4 N–H and O–H groups in total. The van der Waals surface area contributed by atoms with Gasteiger partial charge in [-0.25, -0.2) is 4.98 Å². The molecule has 0 aliphatic heterocycles. The highest BCUT2D eigenvalue weighted by atomic mass is 16.3. The Morgan fingerprint density at radius 1 is 1.22 bits per heavy atom. The van der Waals surface area contributed by atoms with E-state index in [1.807, 2.05) is 0 Å². The van der Waals surface area contributed by atoms with Crippen LogP contribution in [-0.4, -0.2) is 45.3 Å². The van der Waals surface area contributed by atoms with E-state index >= 15 is 0 Å². The number of Topliss-reactive ketones (excluding diaryl/α,β-unsaturated/α-hetero) is 1. The lowest BCUT2D eigenvalue weighted by Gasteiger charge is -2.13. The van der Waals surface area contributed by atoms with E-state index in [9.17, 15) is 4.79 Å². The molecule has 4 rings (SSSR count). The summed E-state index contributed by atoms with van der Waals surface area (Å²) in [5.41, 5.74) is 11.0. The van der Waals surface area contributed by atoms with Gasteiger partial charge in [-0.05, 0) is 69.4 Å². The number of H-pyrrole nitrogens is 1. The molecule has 6 heteroatoms. The first kappa shape index (κ1) is 27.2. The van der Waals surface area contributed by atoms with Crippen LogP contribution in [0.2, 0.25) is 0 Å². The highest BCUT2D eigenvalue weighted by molar-refractivity contribution is 5.83. The molecule has 0 amide bonds. The van der Waals surface area contributed by atoms with E-state index in [1.54, 1.807) is 0 Å². The monoisotopic (exact) mass is 502 g/mol. The van der Waals surface area contributed by atoms with Crippen molar-refractivity contribution < 1.29 is 9.90 Å². The predicted octanol–water partition coefficient (Wildman–Crippen LogP) is 4.00. The first-order valence-electron chi connectivity index (χ1n) is 13.9. The Labute approximate surface area is 220 Å². The zero-order chi connectivity index (χ0) is 26.2. The van der Waals surface area contributed by atoms with Crippen molar-refractivity contribution in [3.8, 4) is 11.4 Å². The van der Waals surface area contributed by atoms with E-state index in [0.717, 1.165) is 79.9 Å². The number of aliphatic imine (C=N–C) groups is 1. The number of allylic oxidation sites excluding steroid dienone is 2. The van der Waals surface area contributed by atoms with Gasteiger partial charge in [-0.15, -0.1) is 0 Å². The van der Waals surface area contributed by atoms with Gasteiger partial charge in [0, 0.05) is 36.2 Å². The molecule has 2 aromatic rings. The number of nitrogens with zero attached hydrogens (tertiary/aromatic N) is 2. The number of hydrogen-bond donors (Lipinski definition) is 3. The van der Waals surface area contributed by atoms with Gasteiger partial charge in [0.25, 0.3) is 0 Å². The molecule has 0 saturated heterocycles. The number of hydrogen-bond acceptors (Lipinski definition) is 5. The molecule has 2 aliphatic carbocycles. The zero-order valence-electron chi connectivity index (χ0n) is 22.4. The zero-order valence-corrected chi connectivity index (χ0v) is 22.4. The molecular formula is C31H42N4O2. The summed E-state index contributed by atoms with van der Waals surface area (Å²) in [5.74, 6) is 1.27. The number of ketones is 1. The summed E-state index contributed by atoms with van der Waals surface area (Å²) < 4.78 is 0. The van der Waals surface area contributed by atoms with Crippen LogP contribution < -0.4 is 16.4 Å². The summed E-state index contributed by atoms with van der Waals surface area (Å²) in [4.78, 5) is 24.8. The molecular weight excluding hydrogens is 460 g/mol. The molecule has 1 heterocycles. The molecule has 6 nitrogen and oxygen atoms in total. The number of carbonyl (C=O) groups is 1. The summed E-state index contributed by atoms with van der Waals surface area (Å²) in [6.45, 7) is 4.03. The van der Waals surface area contributed by atoms with Crippen LogP contribution in [-0.2, 0) is 11.2 Å². The minimum absolute atomic E-state index is 0.0304. The Morgan fingerprint density at radius 2 is 2.03 bits per heavy atom. The Balaban J connectivity index is 1.32. The van der Waals surface area contributed by atoms with E-state index in [1.165, 1.54) is 16.8 Å². The number of nitrogens with two attached hydrogens (primary N) is 1. The molecule has 3 unspecified atom stereocenters. The number of aliphatic hydroxyl groups is 1. The van der Waals surface area contributed by atoms with Crippen LogP contribution in [0.25, 0.3) is 23.5 Å². The molecule has 198 valence electrons. The smallest absolute Gasteiger partial charge is 0.158 e. The normalized spacial score (nSPS) is 22.5. The molecule has 2 aliphatic rings. The fourth-order valence-corrected chi connectivity index (χ4v) is 5.47. The maximum Gasteiger partial charge on any atom is 0.158 e. The van der Waals surface area contributed by atoms with Gasteiger partial charge in [0.05, 0.1) is 10.7 Å². The first-order valence-corrected chi connectivity index (χ1v) is 13.9. The second-order valence-corrected chi connectivity index (χ2v) is 10.7. The van der Waals surface area contributed by atoms with Crippen molar-refractivity contribution in [2.45, 2.75) is 90.1 Å². The predicted molar refractivity (Wildman–Crippen MR) is 152 cm³/mol. The van der Waals surface area contributed by atoms with E-state index in [4.69, 9.17) is 20.8 Å². The van der Waals surface area contributed by atoms with Gasteiger partial charge in [0.2, 0.25) is 0 Å². The van der Waals surface area contributed by atoms with Gasteiger partial charge in [0.15, 0.2) is 5.78 Å².